The number of rotatable bonds is 5. The first-order chi connectivity index (χ1) is 12.0. The molecule has 0 saturated heterocycles. The van der Waals surface area contributed by atoms with Gasteiger partial charge in [-0.25, -0.2) is 9.67 Å². The SMILES string of the molecule is CCCNC(=O)Cn1cnc2c(cnn2-c2ccc(C)cc2C)c1=O. The van der Waals surface area contributed by atoms with Gasteiger partial charge in [0.15, 0.2) is 5.65 Å². The number of nitrogens with one attached hydrogen (secondary N) is 1. The molecule has 0 saturated carbocycles. The Kier molecular flexibility index (Phi) is 4.65. The topological polar surface area (TPSA) is 81.8 Å². The van der Waals surface area contributed by atoms with Gasteiger partial charge in [0, 0.05) is 6.54 Å². The van der Waals surface area contributed by atoms with Crippen molar-refractivity contribution < 1.29 is 4.79 Å². The van der Waals surface area contributed by atoms with Gasteiger partial charge in [-0.05, 0) is 31.9 Å². The third kappa shape index (κ3) is 3.31. The minimum atomic E-state index is -0.271. The molecule has 0 aliphatic heterocycles. The number of aromatic nitrogens is 4. The van der Waals surface area contributed by atoms with Crippen molar-refractivity contribution in [2.75, 3.05) is 6.54 Å². The van der Waals surface area contributed by atoms with Gasteiger partial charge in [-0.15, -0.1) is 0 Å². The minimum absolute atomic E-state index is 0.0451. The molecule has 2 aromatic heterocycles. The lowest BCUT2D eigenvalue weighted by Crippen LogP contribution is -2.32. The van der Waals surface area contributed by atoms with Crippen LogP contribution in [0.4, 0.5) is 0 Å². The predicted molar refractivity (Wildman–Crippen MR) is 95.9 cm³/mol. The van der Waals surface area contributed by atoms with E-state index in [0.717, 1.165) is 23.2 Å². The standard InChI is InChI=1S/C18H21N5O2/c1-4-7-19-16(24)10-22-11-20-17-14(18(22)25)9-21-23(17)15-6-5-12(2)8-13(15)3/h5-6,8-9,11H,4,7,10H2,1-3H3,(H,19,24). The zero-order valence-corrected chi connectivity index (χ0v) is 14.6. The molecule has 0 aliphatic carbocycles. The van der Waals surface area contributed by atoms with Gasteiger partial charge in [-0.3, -0.25) is 14.2 Å². The molecule has 0 spiro atoms. The van der Waals surface area contributed by atoms with Gasteiger partial charge in [0.1, 0.15) is 18.3 Å². The lowest BCUT2D eigenvalue weighted by Gasteiger charge is -2.09. The molecule has 25 heavy (non-hydrogen) atoms. The number of carbonyl (C=O) groups excluding carboxylic acids is 1. The van der Waals surface area contributed by atoms with E-state index in [2.05, 4.69) is 21.5 Å². The highest BCUT2D eigenvalue weighted by molar-refractivity contribution is 5.78. The van der Waals surface area contributed by atoms with Gasteiger partial charge in [0.2, 0.25) is 5.91 Å². The maximum absolute atomic E-state index is 12.6. The Labute approximate surface area is 145 Å². The van der Waals surface area contributed by atoms with Gasteiger partial charge in [-0.1, -0.05) is 24.6 Å². The molecule has 1 N–H and O–H groups in total. The second kappa shape index (κ2) is 6.88. The summed E-state index contributed by atoms with van der Waals surface area (Å²) in [6.45, 7) is 6.54. The first-order valence-corrected chi connectivity index (χ1v) is 8.28. The molecule has 3 rings (SSSR count). The zero-order chi connectivity index (χ0) is 18.0. The van der Waals surface area contributed by atoms with Gasteiger partial charge in [0.05, 0.1) is 11.9 Å². The second-order valence-electron chi connectivity index (χ2n) is 6.11. The number of amides is 1. The van der Waals surface area contributed by atoms with Crippen LogP contribution in [0.15, 0.2) is 35.5 Å². The van der Waals surface area contributed by atoms with E-state index in [1.54, 1.807) is 4.68 Å². The number of benzene rings is 1. The Balaban J connectivity index is 1.99. The van der Waals surface area contributed by atoms with E-state index in [9.17, 15) is 9.59 Å². The monoisotopic (exact) mass is 339 g/mol. The molecule has 0 aliphatic rings. The molecule has 2 heterocycles. The number of carbonyl (C=O) groups is 1. The average molecular weight is 339 g/mol. The van der Waals surface area contributed by atoms with Crippen molar-refractivity contribution in [3.63, 3.8) is 0 Å². The van der Waals surface area contributed by atoms with Gasteiger partial charge >= 0.3 is 0 Å². The van der Waals surface area contributed by atoms with Gasteiger partial charge in [-0.2, -0.15) is 5.10 Å². The molecule has 7 heteroatoms. The maximum Gasteiger partial charge on any atom is 0.264 e. The smallest absolute Gasteiger partial charge is 0.264 e. The molecule has 1 amide bonds. The largest absolute Gasteiger partial charge is 0.355 e. The molecule has 130 valence electrons. The van der Waals surface area contributed by atoms with Gasteiger partial charge in [0.25, 0.3) is 5.56 Å². The summed E-state index contributed by atoms with van der Waals surface area (Å²) in [6, 6.07) is 6.01. The van der Waals surface area contributed by atoms with Crippen LogP contribution in [0.5, 0.6) is 0 Å². The van der Waals surface area contributed by atoms with E-state index in [-0.39, 0.29) is 18.0 Å². The Morgan fingerprint density at radius 3 is 2.80 bits per heavy atom. The molecule has 0 atom stereocenters. The molecular weight excluding hydrogens is 318 g/mol. The normalized spacial score (nSPS) is 11.0. The van der Waals surface area contributed by atoms with E-state index in [4.69, 9.17) is 0 Å². The molecule has 0 fully saturated rings. The molecule has 0 bridgehead atoms. The van der Waals surface area contributed by atoms with Crippen molar-refractivity contribution in [1.29, 1.82) is 0 Å². The number of hydrogen-bond acceptors (Lipinski definition) is 4. The summed E-state index contributed by atoms with van der Waals surface area (Å²) >= 11 is 0. The third-order valence-corrected chi connectivity index (χ3v) is 4.02. The van der Waals surface area contributed by atoms with Crippen LogP contribution in [0.25, 0.3) is 16.7 Å². The summed E-state index contributed by atoms with van der Waals surface area (Å²) in [5, 5.41) is 7.47. The van der Waals surface area contributed by atoms with E-state index in [1.165, 1.54) is 17.1 Å². The summed E-state index contributed by atoms with van der Waals surface area (Å²) in [5.41, 5.74) is 3.31. The fourth-order valence-corrected chi connectivity index (χ4v) is 2.76. The number of nitrogens with zero attached hydrogens (tertiary/aromatic N) is 4. The molecule has 1 aromatic carbocycles. The molecule has 0 radical (unpaired) electrons. The summed E-state index contributed by atoms with van der Waals surface area (Å²) in [5.74, 6) is -0.202. The molecular formula is C18H21N5O2. The number of hydrogen-bond donors (Lipinski definition) is 1. The maximum atomic E-state index is 12.6. The summed E-state index contributed by atoms with van der Waals surface area (Å²) in [7, 11) is 0. The lowest BCUT2D eigenvalue weighted by molar-refractivity contribution is -0.121. The van der Waals surface area contributed by atoms with Crippen LogP contribution in [0.1, 0.15) is 24.5 Å². The highest BCUT2D eigenvalue weighted by Gasteiger charge is 2.14. The Hall–Kier alpha value is -2.96. The fraction of sp³-hybridized carbons (Fsp3) is 0.333. The first kappa shape index (κ1) is 16.9. The van der Waals surface area contributed by atoms with Crippen molar-refractivity contribution in [2.24, 2.45) is 0 Å². The summed E-state index contributed by atoms with van der Waals surface area (Å²) in [4.78, 5) is 28.8. The van der Waals surface area contributed by atoms with Crippen molar-refractivity contribution in [3.8, 4) is 5.69 Å². The second-order valence-corrected chi connectivity index (χ2v) is 6.11. The number of fused-ring (bicyclic) bond motifs is 1. The predicted octanol–water partition coefficient (Wildman–Crippen LogP) is 1.73. The van der Waals surface area contributed by atoms with E-state index in [0.29, 0.717) is 17.6 Å². The Bertz CT molecular complexity index is 987. The first-order valence-electron chi connectivity index (χ1n) is 8.28. The van der Waals surface area contributed by atoms with E-state index < -0.39 is 0 Å². The van der Waals surface area contributed by atoms with Crippen LogP contribution < -0.4 is 10.9 Å². The molecule has 3 aromatic rings. The molecule has 0 unspecified atom stereocenters. The summed E-state index contributed by atoms with van der Waals surface area (Å²) < 4.78 is 2.97. The highest BCUT2D eigenvalue weighted by atomic mass is 16.2. The van der Waals surface area contributed by atoms with E-state index in [1.807, 2.05) is 32.9 Å². The van der Waals surface area contributed by atoms with E-state index >= 15 is 0 Å². The van der Waals surface area contributed by atoms with Crippen LogP contribution in [-0.4, -0.2) is 31.8 Å². The van der Waals surface area contributed by atoms with Crippen molar-refractivity contribution in [2.45, 2.75) is 33.7 Å². The third-order valence-electron chi connectivity index (χ3n) is 4.02. The quantitative estimate of drug-likeness (QED) is 0.767. The van der Waals surface area contributed by atoms with Crippen molar-refractivity contribution in [1.82, 2.24) is 24.6 Å². The Morgan fingerprint density at radius 2 is 2.08 bits per heavy atom. The van der Waals surface area contributed by atoms with Crippen LogP contribution in [0, 0.1) is 13.8 Å². The number of aryl methyl sites for hydroxylation is 2. The van der Waals surface area contributed by atoms with Crippen LogP contribution >= 0.6 is 0 Å². The summed E-state index contributed by atoms with van der Waals surface area (Å²) in [6.07, 6.45) is 3.75. The zero-order valence-electron chi connectivity index (χ0n) is 14.6. The van der Waals surface area contributed by atoms with Crippen molar-refractivity contribution >= 4 is 16.9 Å². The Morgan fingerprint density at radius 1 is 1.28 bits per heavy atom. The average Bonchev–Trinajstić information content (AvgIpc) is 3.00. The lowest BCUT2D eigenvalue weighted by atomic mass is 10.1. The van der Waals surface area contributed by atoms with Crippen LogP contribution in [0.2, 0.25) is 0 Å². The van der Waals surface area contributed by atoms with Crippen molar-refractivity contribution in [3.05, 3.63) is 52.2 Å². The molecule has 7 nitrogen and oxygen atoms in total. The fourth-order valence-electron chi connectivity index (χ4n) is 2.76. The van der Waals surface area contributed by atoms with Crippen LogP contribution in [0.3, 0.4) is 0 Å². The highest BCUT2D eigenvalue weighted by Crippen LogP contribution is 2.18. The van der Waals surface area contributed by atoms with Gasteiger partial charge < -0.3 is 5.32 Å². The minimum Gasteiger partial charge on any atom is -0.355 e. The van der Waals surface area contributed by atoms with Crippen LogP contribution in [-0.2, 0) is 11.3 Å².